The Morgan fingerprint density at radius 2 is 1.81 bits per heavy atom. The van der Waals surface area contributed by atoms with Crippen LogP contribution >= 0.6 is 11.3 Å². The molecule has 36 heavy (non-hydrogen) atoms. The summed E-state index contributed by atoms with van der Waals surface area (Å²) in [5.74, 6) is 6.26. The maximum absolute atomic E-state index is 14.2. The molecule has 6 nitrogen and oxygen atoms in total. The summed E-state index contributed by atoms with van der Waals surface area (Å²) in [7, 11) is 1.35. The van der Waals surface area contributed by atoms with Gasteiger partial charge in [-0.2, -0.15) is 0 Å². The Bertz CT molecular complexity index is 1020. The number of esters is 1. The highest BCUT2D eigenvalue weighted by Gasteiger charge is 2.41. The molecule has 1 saturated heterocycles. The molecule has 2 heterocycles. The van der Waals surface area contributed by atoms with E-state index in [-0.39, 0.29) is 29.2 Å². The molecule has 0 radical (unpaired) electrons. The number of carbonyl (C=O) groups excluding carboxylic acids is 3. The molecule has 3 rings (SSSR count). The lowest BCUT2D eigenvalue weighted by Gasteiger charge is -2.37. The van der Waals surface area contributed by atoms with Crippen molar-refractivity contribution in [3.63, 3.8) is 0 Å². The number of hydrogen-bond donors (Lipinski definition) is 0. The molecule has 2 amide bonds. The van der Waals surface area contributed by atoms with Gasteiger partial charge in [0.2, 0.25) is 11.8 Å². The van der Waals surface area contributed by atoms with Gasteiger partial charge in [-0.3, -0.25) is 14.5 Å². The van der Waals surface area contributed by atoms with E-state index in [1.165, 1.54) is 18.4 Å². The zero-order chi connectivity index (χ0) is 26.6. The molecule has 1 aliphatic heterocycles. The van der Waals surface area contributed by atoms with Crippen molar-refractivity contribution < 1.29 is 19.1 Å². The fourth-order valence-electron chi connectivity index (χ4n) is 5.05. The number of hydrogen-bond acceptors (Lipinski definition) is 5. The number of likely N-dealkylation sites (tertiary alicyclic amines) is 1. The van der Waals surface area contributed by atoms with Gasteiger partial charge < -0.3 is 9.64 Å². The summed E-state index contributed by atoms with van der Waals surface area (Å²) in [6.07, 6.45) is 5.93. The van der Waals surface area contributed by atoms with Crippen molar-refractivity contribution in [3.8, 4) is 11.8 Å². The van der Waals surface area contributed by atoms with Crippen molar-refractivity contribution in [2.75, 3.05) is 18.6 Å². The van der Waals surface area contributed by atoms with Crippen LogP contribution in [0.2, 0.25) is 0 Å². The zero-order valence-electron chi connectivity index (χ0n) is 23.0. The molecular weight excluding hydrogens is 472 g/mol. The van der Waals surface area contributed by atoms with E-state index in [1.54, 1.807) is 4.90 Å². The van der Waals surface area contributed by atoms with Gasteiger partial charge in [0.25, 0.3) is 0 Å². The smallest absolute Gasteiger partial charge is 0.350 e. The molecule has 198 valence electrons. The topological polar surface area (TPSA) is 66.9 Å². The fraction of sp³-hybridized carbons (Fsp3) is 0.690. The van der Waals surface area contributed by atoms with Crippen LogP contribution in [0.25, 0.3) is 0 Å². The first kappa shape index (κ1) is 28.2. The normalized spacial score (nSPS) is 23.1. The number of methoxy groups -OCH3 is 1. The van der Waals surface area contributed by atoms with Crippen LogP contribution in [0.1, 0.15) is 101 Å². The van der Waals surface area contributed by atoms with Crippen LogP contribution in [-0.2, 0) is 14.3 Å². The minimum atomic E-state index is -0.636. The fourth-order valence-corrected chi connectivity index (χ4v) is 5.97. The summed E-state index contributed by atoms with van der Waals surface area (Å²) < 4.78 is 5.11. The molecule has 2 fully saturated rings. The van der Waals surface area contributed by atoms with E-state index in [9.17, 15) is 14.4 Å². The molecule has 0 unspecified atom stereocenters. The largest absolute Gasteiger partial charge is 0.465 e. The van der Waals surface area contributed by atoms with E-state index in [2.05, 4.69) is 18.8 Å². The first-order valence-electron chi connectivity index (χ1n) is 13.3. The van der Waals surface area contributed by atoms with E-state index >= 15 is 0 Å². The van der Waals surface area contributed by atoms with Crippen molar-refractivity contribution in [1.82, 2.24) is 4.90 Å². The van der Waals surface area contributed by atoms with E-state index < -0.39 is 12.0 Å². The highest BCUT2D eigenvalue weighted by molar-refractivity contribution is 7.15. The van der Waals surface area contributed by atoms with Crippen LogP contribution in [0.4, 0.5) is 5.69 Å². The average Bonchev–Trinajstić information content (AvgIpc) is 3.14. The molecule has 2 aliphatic rings. The Balaban J connectivity index is 2.14. The molecule has 1 aromatic heterocycles. The predicted molar refractivity (Wildman–Crippen MR) is 145 cm³/mol. The molecule has 1 atom stereocenters. The lowest BCUT2D eigenvalue weighted by molar-refractivity contribution is -0.136. The maximum Gasteiger partial charge on any atom is 0.350 e. The van der Waals surface area contributed by atoms with Gasteiger partial charge in [-0.05, 0) is 91.5 Å². The quantitative estimate of drug-likeness (QED) is 0.363. The molecular formula is C29H42N2O4S. The minimum Gasteiger partial charge on any atom is -0.465 e. The molecule has 1 aromatic rings. The highest BCUT2D eigenvalue weighted by Crippen LogP contribution is 2.38. The van der Waals surface area contributed by atoms with Crippen LogP contribution in [0.3, 0.4) is 0 Å². The SMILES string of the molecule is COC(=O)c1sc(C#CC(C)(C)C)cc1N(C(=O)[C@H]1CC[C@H](C)CC1)[C@H]1CCCCN(C(C)C)C1=O. The number of carbonyl (C=O) groups is 3. The van der Waals surface area contributed by atoms with Crippen LogP contribution in [0.15, 0.2) is 6.07 Å². The van der Waals surface area contributed by atoms with Gasteiger partial charge in [-0.25, -0.2) is 4.79 Å². The lowest BCUT2D eigenvalue weighted by atomic mass is 9.82. The molecule has 0 N–H and O–H groups in total. The molecule has 0 aromatic carbocycles. The van der Waals surface area contributed by atoms with E-state index in [4.69, 9.17) is 4.74 Å². The average molecular weight is 515 g/mol. The Labute approximate surface area is 220 Å². The second-order valence-corrected chi connectivity index (χ2v) is 12.7. The van der Waals surface area contributed by atoms with Crippen LogP contribution in [0.5, 0.6) is 0 Å². The van der Waals surface area contributed by atoms with E-state index in [1.807, 2.05) is 45.6 Å². The predicted octanol–water partition coefficient (Wildman–Crippen LogP) is 5.88. The van der Waals surface area contributed by atoms with Crippen molar-refractivity contribution in [1.29, 1.82) is 0 Å². The van der Waals surface area contributed by atoms with Crippen LogP contribution < -0.4 is 4.90 Å². The zero-order valence-corrected chi connectivity index (χ0v) is 23.8. The number of amides is 2. The van der Waals surface area contributed by atoms with Gasteiger partial charge in [0.05, 0.1) is 17.7 Å². The van der Waals surface area contributed by atoms with Gasteiger partial charge >= 0.3 is 5.97 Å². The molecule has 7 heteroatoms. The number of anilines is 1. The first-order chi connectivity index (χ1) is 16.9. The van der Waals surface area contributed by atoms with E-state index in [0.29, 0.717) is 34.3 Å². The van der Waals surface area contributed by atoms with Crippen molar-refractivity contribution in [2.24, 2.45) is 17.3 Å². The van der Waals surface area contributed by atoms with E-state index in [0.717, 1.165) is 38.5 Å². The first-order valence-corrected chi connectivity index (χ1v) is 14.1. The summed E-state index contributed by atoms with van der Waals surface area (Å²) in [5.41, 5.74) is 0.261. The summed E-state index contributed by atoms with van der Waals surface area (Å²) in [5, 5.41) is 0. The standard InChI is InChI=1S/C29H42N2O4S/c1-19(2)30-17-9-8-10-23(27(30)33)31(26(32)21-13-11-20(3)12-14-21)24-18-22(15-16-29(4,5)6)36-25(24)28(34)35-7/h18-21,23H,8-14,17H2,1-7H3/t20-,21-,23-/m0/s1. The number of rotatable bonds is 5. The highest BCUT2D eigenvalue weighted by atomic mass is 32.1. The third-order valence-corrected chi connectivity index (χ3v) is 8.16. The Kier molecular flexibility index (Phi) is 9.27. The van der Waals surface area contributed by atoms with Crippen molar-refractivity contribution in [3.05, 3.63) is 15.8 Å². The number of nitrogens with zero attached hydrogens (tertiary/aromatic N) is 2. The minimum absolute atomic E-state index is 0.0376. The summed E-state index contributed by atoms with van der Waals surface area (Å²) in [6, 6.07) is 1.22. The molecule has 1 saturated carbocycles. The van der Waals surface area contributed by atoms with Crippen molar-refractivity contribution >= 4 is 34.8 Å². The summed E-state index contributed by atoms with van der Waals surface area (Å²) in [4.78, 5) is 45.5. The van der Waals surface area contributed by atoms with Gasteiger partial charge in [0.1, 0.15) is 10.9 Å². The number of ether oxygens (including phenoxy) is 1. The second-order valence-electron chi connectivity index (χ2n) is 11.6. The van der Waals surface area contributed by atoms with Gasteiger partial charge in [0, 0.05) is 23.9 Å². The van der Waals surface area contributed by atoms with Crippen molar-refractivity contribution in [2.45, 2.75) is 98.6 Å². The van der Waals surface area contributed by atoms with Gasteiger partial charge in [-0.15, -0.1) is 11.3 Å². The lowest BCUT2D eigenvalue weighted by Crippen LogP contribution is -2.53. The Morgan fingerprint density at radius 3 is 2.39 bits per heavy atom. The summed E-state index contributed by atoms with van der Waals surface area (Å²) in [6.45, 7) is 13.0. The Morgan fingerprint density at radius 1 is 1.14 bits per heavy atom. The maximum atomic E-state index is 14.2. The number of thiophene rings is 1. The molecule has 1 aliphatic carbocycles. The molecule has 0 spiro atoms. The third-order valence-electron chi connectivity index (χ3n) is 7.14. The monoisotopic (exact) mass is 514 g/mol. The Hall–Kier alpha value is -2.33. The van der Waals surface area contributed by atoms with Gasteiger partial charge in [-0.1, -0.05) is 18.8 Å². The summed E-state index contributed by atoms with van der Waals surface area (Å²) >= 11 is 1.24. The van der Waals surface area contributed by atoms with Crippen LogP contribution in [-0.4, -0.2) is 48.4 Å². The molecule has 0 bridgehead atoms. The second kappa shape index (κ2) is 11.8. The third kappa shape index (κ3) is 6.70. The van der Waals surface area contributed by atoms with Crippen LogP contribution in [0, 0.1) is 29.1 Å². The van der Waals surface area contributed by atoms with Gasteiger partial charge in [0.15, 0.2) is 0 Å².